The third-order valence-corrected chi connectivity index (χ3v) is 4.43. The summed E-state index contributed by atoms with van der Waals surface area (Å²) in [7, 11) is -2.70. The molecular weight excluding hydrogens is 188 g/mol. The van der Waals surface area contributed by atoms with Gasteiger partial charge in [0.15, 0.2) is 9.84 Å². The van der Waals surface area contributed by atoms with Gasteiger partial charge in [-0.05, 0) is 5.92 Å². The van der Waals surface area contributed by atoms with E-state index in [1.54, 1.807) is 0 Å². The van der Waals surface area contributed by atoms with Crippen molar-refractivity contribution in [3.05, 3.63) is 0 Å². The molecule has 0 aromatic rings. The summed E-state index contributed by atoms with van der Waals surface area (Å²) in [5.74, 6) is 1.46. The third-order valence-electron chi connectivity index (χ3n) is 2.82. The van der Waals surface area contributed by atoms with Gasteiger partial charge in [-0.1, -0.05) is 0 Å². The molecule has 13 heavy (non-hydrogen) atoms. The van der Waals surface area contributed by atoms with Gasteiger partial charge in [0, 0.05) is 32.7 Å². The minimum atomic E-state index is -2.70. The van der Waals surface area contributed by atoms with Crippen LogP contribution in [0.25, 0.3) is 0 Å². The fraction of sp³-hybridized carbons (Fsp3) is 1.00. The van der Waals surface area contributed by atoms with E-state index in [-0.39, 0.29) is 0 Å². The highest BCUT2D eigenvalue weighted by molar-refractivity contribution is 7.91. The molecule has 2 aliphatic heterocycles. The lowest BCUT2D eigenvalue weighted by Crippen LogP contribution is -2.51. The third kappa shape index (κ3) is 2.42. The molecule has 2 rings (SSSR count). The zero-order chi connectivity index (χ0) is 9.31. The van der Waals surface area contributed by atoms with Gasteiger partial charge in [-0.3, -0.25) is 0 Å². The second-order valence-corrected chi connectivity index (χ2v) is 6.28. The Morgan fingerprint density at radius 3 is 2.31 bits per heavy atom. The van der Waals surface area contributed by atoms with Crippen LogP contribution in [-0.4, -0.2) is 57.5 Å². The molecule has 0 radical (unpaired) electrons. The summed E-state index contributed by atoms with van der Waals surface area (Å²) in [6.45, 7) is 4.74. The second-order valence-electron chi connectivity index (χ2n) is 3.98. The predicted molar refractivity (Wildman–Crippen MR) is 51.5 cm³/mol. The highest BCUT2D eigenvalue weighted by Gasteiger charge is 2.25. The summed E-state index contributed by atoms with van der Waals surface area (Å²) >= 11 is 0. The van der Waals surface area contributed by atoms with Gasteiger partial charge in [0.2, 0.25) is 0 Å². The molecule has 0 aromatic carbocycles. The van der Waals surface area contributed by atoms with Crippen LogP contribution in [0.15, 0.2) is 0 Å². The Morgan fingerprint density at radius 2 is 1.85 bits per heavy atom. The monoisotopic (exact) mass is 204 g/mol. The number of sulfone groups is 1. The zero-order valence-corrected chi connectivity index (χ0v) is 8.52. The van der Waals surface area contributed by atoms with Crippen molar-refractivity contribution in [1.29, 1.82) is 0 Å². The van der Waals surface area contributed by atoms with Crippen molar-refractivity contribution in [3.8, 4) is 0 Å². The molecule has 4 nitrogen and oxygen atoms in total. The average Bonchev–Trinajstić information content (AvgIpc) is 1.99. The number of hydrogen-bond donors (Lipinski definition) is 1. The minimum absolute atomic E-state index is 0.354. The van der Waals surface area contributed by atoms with Gasteiger partial charge in [0.25, 0.3) is 0 Å². The first-order valence-corrected chi connectivity index (χ1v) is 6.61. The van der Waals surface area contributed by atoms with E-state index in [9.17, 15) is 8.42 Å². The fourth-order valence-corrected chi connectivity index (χ4v) is 3.05. The molecule has 0 aliphatic carbocycles. The lowest BCUT2D eigenvalue weighted by molar-refractivity contribution is 0.204. The SMILES string of the molecule is O=S1(=O)CCN(CC2CNC2)CC1. The highest BCUT2D eigenvalue weighted by atomic mass is 32.2. The van der Waals surface area contributed by atoms with Crippen molar-refractivity contribution in [2.45, 2.75) is 0 Å². The first-order chi connectivity index (χ1) is 6.16. The van der Waals surface area contributed by atoms with Gasteiger partial charge in [-0.2, -0.15) is 0 Å². The van der Waals surface area contributed by atoms with Crippen molar-refractivity contribution in [1.82, 2.24) is 10.2 Å². The molecule has 0 bridgehead atoms. The summed E-state index contributed by atoms with van der Waals surface area (Å²) in [6, 6.07) is 0. The fourth-order valence-electron chi connectivity index (χ4n) is 1.78. The molecule has 2 heterocycles. The summed E-state index contributed by atoms with van der Waals surface area (Å²) in [6.07, 6.45) is 0. The van der Waals surface area contributed by atoms with E-state index in [1.165, 1.54) is 0 Å². The quantitative estimate of drug-likeness (QED) is 0.623. The van der Waals surface area contributed by atoms with Crippen LogP contribution in [-0.2, 0) is 9.84 Å². The molecule has 2 fully saturated rings. The van der Waals surface area contributed by atoms with Crippen molar-refractivity contribution >= 4 is 9.84 Å². The van der Waals surface area contributed by atoms with Gasteiger partial charge in [0.05, 0.1) is 11.5 Å². The zero-order valence-electron chi connectivity index (χ0n) is 7.70. The lowest BCUT2D eigenvalue weighted by Gasteiger charge is -2.34. The second kappa shape index (κ2) is 3.55. The molecule has 0 saturated carbocycles. The average molecular weight is 204 g/mol. The smallest absolute Gasteiger partial charge is 0.152 e. The maximum absolute atomic E-state index is 11.1. The van der Waals surface area contributed by atoms with E-state index in [0.717, 1.165) is 38.6 Å². The largest absolute Gasteiger partial charge is 0.316 e. The molecule has 0 amide bonds. The molecule has 5 heteroatoms. The van der Waals surface area contributed by atoms with Crippen LogP contribution in [0.5, 0.6) is 0 Å². The van der Waals surface area contributed by atoms with Crippen LogP contribution in [0.2, 0.25) is 0 Å². The number of rotatable bonds is 2. The first kappa shape index (κ1) is 9.43. The van der Waals surface area contributed by atoms with Gasteiger partial charge < -0.3 is 10.2 Å². The molecule has 76 valence electrons. The molecule has 2 aliphatic rings. The van der Waals surface area contributed by atoms with E-state index in [0.29, 0.717) is 11.5 Å². The van der Waals surface area contributed by atoms with Gasteiger partial charge >= 0.3 is 0 Å². The topological polar surface area (TPSA) is 49.4 Å². The van der Waals surface area contributed by atoms with E-state index in [4.69, 9.17) is 0 Å². The van der Waals surface area contributed by atoms with Crippen LogP contribution in [0, 0.1) is 5.92 Å². The predicted octanol–water partition coefficient (Wildman–Crippen LogP) is -1.06. The van der Waals surface area contributed by atoms with Crippen molar-refractivity contribution in [3.63, 3.8) is 0 Å². The Hall–Kier alpha value is -0.130. The standard InChI is InChI=1S/C8H16N2O2S/c11-13(12)3-1-10(2-4-13)7-8-5-9-6-8/h8-9H,1-7H2. The number of hydrogen-bond acceptors (Lipinski definition) is 4. The molecule has 0 aromatic heterocycles. The van der Waals surface area contributed by atoms with Crippen molar-refractivity contribution in [2.24, 2.45) is 5.92 Å². The Kier molecular flexibility index (Phi) is 2.58. The van der Waals surface area contributed by atoms with Crippen molar-refractivity contribution in [2.75, 3.05) is 44.2 Å². The number of nitrogens with one attached hydrogen (secondary N) is 1. The maximum atomic E-state index is 11.1. The van der Waals surface area contributed by atoms with Crippen LogP contribution in [0.3, 0.4) is 0 Å². The van der Waals surface area contributed by atoms with Crippen LogP contribution in [0.4, 0.5) is 0 Å². The van der Waals surface area contributed by atoms with Crippen LogP contribution in [0.1, 0.15) is 0 Å². The Labute approximate surface area is 79.2 Å². The maximum Gasteiger partial charge on any atom is 0.152 e. The molecule has 0 spiro atoms. The Balaban J connectivity index is 1.77. The molecule has 0 unspecified atom stereocenters. The Bertz CT molecular complexity index is 258. The normalized spacial score (nSPS) is 29.8. The molecule has 1 N–H and O–H groups in total. The lowest BCUT2D eigenvalue weighted by atomic mass is 10.0. The van der Waals surface area contributed by atoms with E-state index >= 15 is 0 Å². The van der Waals surface area contributed by atoms with E-state index in [2.05, 4.69) is 10.2 Å². The van der Waals surface area contributed by atoms with Gasteiger partial charge in [-0.15, -0.1) is 0 Å². The summed E-state index contributed by atoms with van der Waals surface area (Å²) < 4.78 is 22.3. The molecular formula is C8H16N2O2S. The molecule has 2 saturated heterocycles. The number of nitrogens with zero attached hydrogens (tertiary/aromatic N) is 1. The minimum Gasteiger partial charge on any atom is -0.316 e. The Morgan fingerprint density at radius 1 is 1.23 bits per heavy atom. The van der Waals surface area contributed by atoms with Crippen LogP contribution >= 0.6 is 0 Å². The summed E-state index contributed by atoms with van der Waals surface area (Å²) in [5, 5.41) is 3.22. The van der Waals surface area contributed by atoms with E-state index in [1.807, 2.05) is 0 Å². The molecule has 0 atom stereocenters. The van der Waals surface area contributed by atoms with Crippen LogP contribution < -0.4 is 5.32 Å². The van der Waals surface area contributed by atoms with E-state index < -0.39 is 9.84 Å². The van der Waals surface area contributed by atoms with Crippen molar-refractivity contribution < 1.29 is 8.42 Å². The van der Waals surface area contributed by atoms with Gasteiger partial charge in [-0.25, -0.2) is 8.42 Å². The summed E-state index contributed by atoms with van der Waals surface area (Å²) in [4.78, 5) is 2.27. The summed E-state index contributed by atoms with van der Waals surface area (Å²) in [5.41, 5.74) is 0. The first-order valence-electron chi connectivity index (χ1n) is 4.79. The van der Waals surface area contributed by atoms with Gasteiger partial charge in [0.1, 0.15) is 0 Å². The highest BCUT2D eigenvalue weighted by Crippen LogP contribution is 2.09.